The van der Waals surface area contributed by atoms with Crippen LogP contribution in [0.3, 0.4) is 0 Å². The molecule has 0 radical (unpaired) electrons. The Morgan fingerprint density at radius 3 is 2.54 bits per heavy atom. The zero-order valence-electron chi connectivity index (χ0n) is 9.17. The fourth-order valence-corrected chi connectivity index (χ4v) is 2.46. The monoisotopic (exact) mass is 180 g/mol. The third-order valence-corrected chi connectivity index (χ3v) is 3.30. The van der Waals surface area contributed by atoms with Gasteiger partial charge in [-0.25, -0.2) is 0 Å². The van der Waals surface area contributed by atoms with E-state index in [9.17, 15) is 0 Å². The van der Waals surface area contributed by atoms with Crippen molar-refractivity contribution in [2.24, 2.45) is 10.9 Å². The van der Waals surface area contributed by atoms with Gasteiger partial charge in [-0.1, -0.05) is 0 Å². The second-order valence-electron chi connectivity index (χ2n) is 5.47. The molecule has 2 nitrogen and oxygen atoms in total. The zero-order chi connectivity index (χ0) is 9.64. The Kier molecular flexibility index (Phi) is 1.99. The molecule has 0 unspecified atom stereocenters. The van der Waals surface area contributed by atoms with Gasteiger partial charge in [0.15, 0.2) is 0 Å². The van der Waals surface area contributed by atoms with Crippen molar-refractivity contribution < 1.29 is 0 Å². The molecular weight excluding hydrogens is 160 g/mol. The molecule has 0 N–H and O–H groups in total. The van der Waals surface area contributed by atoms with Crippen molar-refractivity contribution in [3.63, 3.8) is 0 Å². The van der Waals surface area contributed by atoms with Gasteiger partial charge in [-0.2, -0.15) is 0 Å². The molecule has 0 aromatic heterocycles. The number of likely N-dealkylation sites (tertiary alicyclic amines) is 1. The van der Waals surface area contributed by atoms with Crippen molar-refractivity contribution in [2.45, 2.75) is 45.7 Å². The van der Waals surface area contributed by atoms with Crippen LogP contribution in [0, 0.1) is 5.92 Å². The van der Waals surface area contributed by atoms with Gasteiger partial charge < -0.3 is 0 Å². The minimum atomic E-state index is 0.327. The lowest BCUT2D eigenvalue weighted by Gasteiger charge is -2.31. The average Bonchev–Trinajstić information content (AvgIpc) is 2.40. The fourth-order valence-electron chi connectivity index (χ4n) is 2.46. The van der Waals surface area contributed by atoms with Crippen molar-refractivity contribution in [1.82, 2.24) is 4.90 Å². The smallest absolute Gasteiger partial charge is 0.0669 e. The van der Waals surface area contributed by atoms with Crippen LogP contribution < -0.4 is 0 Å². The molecule has 2 aliphatic rings. The number of hydrogen-bond acceptors (Lipinski definition) is 2. The van der Waals surface area contributed by atoms with Crippen LogP contribution in [0.5, 0.6) is 0 Å². The van der Waals surface area contributed by atoms with E-state index in [0.29, 0.717) is 11.6 Å². The summed E-state index contributed by atoms with van der Waals surface area (Å²) in [5.74, 6) is 0.819. The Hall–Kier alpha value is -0.370. The van der Waals surface area contributed by atoms with E-state index >= 15 is 0 Å². The summed E-state index contributed by atoms with van der Waals surface area (Å²) < 4.78 is 0. The van der Waals surface area contributed by atoms with Gasteiger partial charge in [0.05, 0.1) is 6.04 Å². The first-order valence-electron chi connectivity index (χ1n) is 5.25. The Labute approximate surface area is 81.0 Å². The molecule has 2 heteroatoms. The lowest BCUT2D eigenvalue weighted by atomic mass is 10.0. The molecule has 2 atom stereocenters. The van der Waals surface area contributed by atoms with Gasteiger partial charge in [-0.05, 0) is 34.1 Å². The summed E-state index contributed by atoms with van der Waals surface area (Å²) in [4.78, 5) is 7.26. The first-order chi connectivity index (χ1) is 5.97. The highest BCUT2D eigenvalue weighted by Gasteiger charge is 2.40. The maximum atomic E-state index is 4.69. The van der Waals surface area contributed by atoms with Crippen LogP contribution in [0.4, 0.5) is 0 Å². The Morgan fingerprint density at radius 1 is 1.31 bits per heavy atom. The summed E-state index contributed by atoms with van der Waals surface area (Å²) >= 11 is 0. The molecule has 2 heterocycles. The molecule has 0 aromatic rings. The molecule has 0 bridgehead atoms. The molecule has 0 amide bonds. The molecule has 0 aromatic carbocycles. The first kappa shape index (κ1) is 9.20. The van der Waals surface area contributed by atoms with Gasteiger partial charge in [-0.15, -0.1) is 0 Å². The molecule has 0 aliphatic carbocycles. The lowest BCUT2D eigenvalue weighted by molar-refractivity contribution is 0.167. The SMILES string of the molecule is CC1=N[C@@H]2CN(C(C)(C)C)C[C@@H]2C1. The molecule has 1 saturated heterocycles. The second kappa shape index (κ2) is 2.81. The summed E-state index contributed by atoms with van der Waals surface area (Å²) in [5.41, 5.74) is 1.69. The predicted octanol–water partition coefficient (Wildman–Crippen LogP) is 1.95. The van der Waals surface area contributed by atoms with E-state index in [1.807, 2.05) is 0 Å². The predicted molar refractivity (Wildman–Crippen MR) is 56.3 cm³/mol. The number of rotatable bonds is 0. The van der Waals surface area contributed by atoms with Gasteiger partial charge in [-0.3, -0.25) is 9.89 Å². The lowest BCUT2D eigenvalue weighted by Crippen LogP contribution is -2.40. The standard InChI is InChI=1S/C11H20N2/c1-8-5-9-6-13(11(2,3)4)7-10(9)12-8/h9-10H,5-7H2,1-4H3/t9-,10+/m0/s1. The molecule has 2 aliphatic heterocycles. The van der Waals surface area contributed by atoms with E-state index in [1.165, 1.54) is 25.2 Å². The van der Waals surface area contributed by atoms with Crippen LogP contribution in [0.25, 0.3) is 0 Å². The Morgan fingerprint density at radius 2 is 2.00 bits per heavy atom. The average molecular weight is 180 g/mol. The highest BCUT2D eigenvalue weighted by molar-refractivity contribution is 5.84. The first-order valence-corrected chi connectivity index (χ1v) is 5.25. The second-order valence-corrected chi connectivity index (χ2v) is 5.47. The fraction of sp³-hybridized carbons (Fsp3) is 0.909. The van der Waals surface area contributed by atoms with Crippen LogP contribution >= 0.6 is 0 Å². The van der Waals surface area contributed by atoms with Crippen LogP contribution in [0.1, 0.15) is 34.1 Å². The van der Waals surface area contributed by atoms with E-state index in [-0.39, 0.29) is 0 Å². The largest absolute Gasteiger partial charge is 0.296 e. The van der Waals surface area contributed by atoms with Gasteiger partial charge in [0.2, 0.25) is 0 Å². The summed E-state index contributed by atoms with van der Waals surface area (Å²) in [7, 11) is 0. The molecular formula is C11H20N2. The van der Waals surface area contributed by atoms with Gasteiger partial charge in [0.25, 0.3) is 0 Å². The van der Waals surface area contributed by atoms with E-state index in [2.05, 4.69) is 37.6 Å². The number of nitrogens with zero attached hydrogens (tertiary/aromatic N) is 2. The highest BCUT2D eigenvalue weighted by atomic mass is 15.2. The van der Waals surface area contributed by atoms with Crippen LogP contribution in [-0.2, 0) is 0 Å². The maximum Gasteiger partial charge on any atom is 0.0669 e. The van der Waals surface area contributed by atoms with E-state index in [1.54, 1.807) is 0 Å². The summed E-state index contributed by atoms with van der Waals surface area (Å²) in [5, 5.41) is 0. The van der Waals surface area contributed by atoms with Crippen molar-refractivity contribution in [3.8, 4) is 0 Å². The number of hydrogen-bond donors (Lipinski definition) is 0. The molecule has 2 rings (SSSR count). The summed E-state index contributed by atoms with van der Waals surface area (Å²) in [6.07, 6.45) is 1.23. The van der Waals surface area contributed by atoms with E-state index in [0.717, 1.165) is 5.92 Å². The Bertz CT molecular complexity index is 237. The normalized spacial score (nSPS) is 34.9. The minimum Gasteiger partial charge on any atom is -0.296 e. The van der Waals surface area contributed by atoms with Crippen molar-refractivity contribution in [3.05, 3.63) is 0 Å². The third kappa shape index (κ3) is 1.64. The zero-order valence-corrected chi connectivity index (χ0v) is 9.17. The molecule has 0 spiro atoms. The molecule has 13 heavy (non-hydrogen) atoms. The molecule has 0 saturated carbocycles. The highest BCUT2D eigenvalue weighted by Crippen LogP contribution is 2.32. The van der Waals surface area contributed by atoms with Gasteiger partial charge >= 0.3 is 0 Å². The molecule has 74 valence electrons. The quantitative estimate of drug-likeness (QED) is 0.556. The van der Waals surface area contributed by atoms with Crippen LogP contribution in [0.2, 0.25) is 0 Å². The third-order valence-electron chi connectivity index (χ3n) is 3.30. The number of aliphatic imine (C=N–C) groups is 1. The van der Waals surface area contributed by atoms with E-state index in [4.69, 9.17) is 0 Å². The van der Waals surface area contributed by atoms with Crippen molar-refractivity contribution in [2.75, 3.05) is 13.1 Å². The number of fused-ring (bicyclic) bond motifs is 1. The van der Waals surface area contributed by atoms with Crippen molar-refractivity contribution in [1.29, 1.82) is 0 Å². The van der Waals surface area contributed by atoms with Gasteiger partial charge in [0.1, 0.15) is 0 Å². The van der Waals surface area contributed by atoms with Gasteiger partial charge in [0, 0.05) is 30.3 Å². The van der Waals surface area contributed by atoms with Crippen molar-refractivity contribution >= 4 is 5.71 Å². The Balaban J connectivity index is 2.04. The maximum absolute atomic E-state index is 4.69. The summed E-state index contributed by atoms with van der Waals surface area (Å²) in [6.45, 7) is 11.5. The van der Waals surface area contributed by atoms with E-state index < -0.39 is 0 Å². The summed E-state index contributed by atoms with van der Waals surface area (Å²) in [6, 6.07) is 0.610. The minimum absolute atomic E-state index is 0.327. The topological polar surface area (TPSA) is 15.6 Å². The van der Waals surface area contributed by atoms with Crippen LogP contribution in [0.15, 0.2) is 4.99 Å². The van der Waals surface area contributed by atoms with Crippen LogP contribution in [-0.4, -0.2) is 35.3 Å². The molecule has 1 fully saturated rings.